The van der Waals surface area contributed by atoms with Crippen molar-refractivity contribution >= 4 is 58.8 Å². The molecule has 1 amide bonds. The summed E-state index contributed by atoms with van der Waals surface area (Å²) in [6, 6.07) is 4.30. The third kappa shape index (κ3) is 4.55. The molecule has 1 aromatic carbocycles. The van der Waals surface area contributed by atoms with Crippen LogP contribution < -0.4 is 11.1 Å². The summed E-state index contributed by atoms with van der Waals surface area (Å²) in [5, 5.41) is 3.45. The molecular formula is C9H11Cl2IN2O. The van der Waals surface area contributed by atoms with E-state index in [1.807, 2.05) is 0 Å². The summed E-state index contributed by atoms with van der Waals surface area (Å²) in [7, 11) is 0. The van der Waals surface area contributed by atoms with Gasteiger partial charge < -0.3 is 11.1 Å². The van der Waals surface area contributed by atoms with Crippen molar-refractivity contribution in [3.63, 3.8) is 0 Å². The van der Waals surface area contributed by atoms with Crippen LogP contribution in [0, 0.1) is 0 Å². The number of hydrogen-bond donors (Lipinski definition) is 2. The first-order valence-electron chi connectivity index (χ1n) is 4.02. The third-order valence-electron chi connectivity index (χ3n) is 1.60. The van der Waals surface area contributed by atoms with Crippen LogP contribution in [-0.4, -0.2) is 11.9 Å². The van der Waals surface area contributed by atoms with Crippen LogP contribution in [0.1, 0.15) is 6.92 Å². The number of hydrogen-bond acceptors (Lipinski definition) is 2. The Morgan fingerprint density at radius 2 is 2.00 bits per heavy atom. The van der Waals surface area contributed by atoms with Gasteiger partial charge in [0.25, 0.3) is 0 Å². The second-order valence-corrected chi connectivity index (χ2v) is 3.72. The second kappa shape index (κ2) is 6.52. The monoisotopic (exact) mass is 360 g/mol. The smallest absolute Gasteiger partial charge is 0.240 e. The minimum Gasteiger partial charge on any atom is -0.325 e. The van der Waals surface area contributed by atoms with Crippen LogP contribution in [0.4, 0.5) is 5.69 Å². The van der Waals surface area contributed by atoms with E-state index in [4.69, 9.17) is 28.9 Å². The zero-order chi connectivity index (χ0) is 10.7. The van der Waals surface area contributed by atoms with Gasteiger partial charge in [-0.15, -0.1) is 24.0 Å². The van der Waals surface area contributed by atoms with Gasteiger partial charge in [-0.05, 0) is 25.1 Å². The molecule has 3 nitrogen and oxygen atoms in total. The average molecular weight is 361 g/mol. The first kappa shape index (κ1) is 15.0. The minimum atomic E-state index is -0.551. The van der Waals surface area contributed by atoms with E-state index < -0.39 is 6.04 Å². The molecule has 0 aliphatic carbocycles. The molecular weight excluding hydrogens is 350 g/mol. The molecule has 1 atom stereocenters. The highest BCUT2D eigenvalue weighted by atomic mass is 127. The van der Waals surface area contributed by atoms with E-state index in [1.54, 1.807) is 25.1 Å². The van der Waals surface area contributed by atoms with Crippen LogP contribution >= 0.6 is 47.2 Å². The van der Waals surface area contributed by atoms with Gasteiger partial charge in [0.05, 0.1) is 16.1 Å². The van der Waals surface area contributed by atoms with Gasteiger partial charge in [-0.3, -0.25) is 4.79 Å². The maximum Gasteiger partial charge on any atom is 0.240 e. The maximum atomic E-state index is 11.2. The van der Waals surface area contributed by atoms with Crippen molar-refractivity contribution in [3.8, 4) is 0 Å². The van der Waals surface area contributed by atoms with Gasteiger partial charge in [0.1, 0.15) is 0 Å². The molecule has 6 heteroatoms. The quantitative estimate of drug-likeness (QED) is 0.797. The van der Waals surface area contributed by atoms with Gasteiger partial charge >= 0.3 is 0 Å². The van der Waals surface area contributed by atoms with E-state index in [-0.39, 0.29) is 29.9 Å². The molecule has 0 radical (unpaired) electrons. The van der Waals surface area contributed by atoms with Crippen LogP contribution in [0.2, 0.25) is 10.0 Å². The molecule has 0 saturated carbocycles. The summed E-state index contributed by atoms with van der Waals surface area (Å²) in [5.41, 5.74) is 5.97. The molecule has 0 fully saturated rings. The number of rotatable bonds is 2. The lowest BCUT2D eigenvalue weighted by Gasteiger charge is -2.08. The molecule has 3 N–H and O–H groups in total. The summed E-state index contributed by atoms with van der Waals surface area (Å²) in [5.74, 6) is -0.261. The second-order valence-electron chi connectivity index (χ2n) is 2.91. The first-order chi connectivity index (χ1) is 6.50. The number of benzene rings is 1. The number of nitrogens with two attached hydrogens (primary N) is 1. The Hall–Kier alpha value is -0.0400. The van der Waals surface area contributed by atoms with E-state index in [1.165, 1.54) is 0 Å². The lowest BCUT2D eigenvalue weighted by atomic mass is 10.3. The fraction of sp³-hybridized carbons (Fsp3) is 0.222. The molecule has 0 aromatic heterocycles. The topological polar surface area (TPSA) is 55.1 Å². The molecule has 1 aromatic rings. The average Bonchev–Trinajstić information content (AvgIpc) is 2.11. The number of amides is 1. The summed E-state index contributed by atoms with van der Waals surface area (Å²) >= 11 is 11.5. The third-order valence-corrected chi connectivity index (χ3v) is 2.34. The van der Waals surface area contributed by atoms with Gasteiger partial charge in [0.2, 0.25) is 5.91 Å². The van der Waals surface area contributed by atoms with Crippen molar-refractivity contribution in [1.29, 1.82) is 0 Å². The summed E-state index contributed by atoms with van der Waals surface area (Å²) in [6.45, 7) is 1.60. The predicted molar refractivity (Wildman–Crippen MR) is 74.2 cm³/mol. The lowest BCUT2D eigenvalue weighted by molar-refractivity contribution is -0.117. The Labute approximate surface area is 115 Å². The van der Waals surface area contributed by atoms with Gasteiger partial charge in [0, 0.05) is 5.69 Å². The highest BCUT2D eigenvalue weighted by Crippen LogP contribution is 2.24. The SMILES string of the molecule is C[C@@H](N)C(=O)Nc1ccc(Cl)c(Cl)c1.I. The molecule has 84 valence electrons. The zero-order valence-electron chi connectivity index (χ0n) is 7.96. The minimum absolute atomic E-state index is 0. The van der Waals surface area contributed by atoms with Crippen LogP contribution in [-0.2, 0) is 4.79 Å². The number of nitrogens with one attached hydrogen (secondary N) is 1. The van der Waals surface area contributed by atoms with Crippen molar-refractivity contribution < 1.29 is 4.79 Å². The molecule has 0 spiro atoms. The molecule has 0 bridgehead atoms. The molecule has 0 heterocycles. The highest BCUT2D eigenvalue weighted by molar-refractivity contribution is 14.0. The number of carbonyl (C=O) groups is 1. The summed E-state index contributed by atoms with van der Waals surface area (Å²) < 4.78 is 0. The normalized spacial score (nSPS) is 11.5. The Bertz CT molecular complexity index is 358. The lowest BCUT2D eigenvalue weighted by Crippen LogP contribution is -2.32. The van der Waals surface area contributed by atoms with Crippen LogP contribution in [0.3, 0.4) is 0 Å². The largest absolute Gasteiger partial charge is 0.325 e. The van der Waals surface area contributed by atoms with E-state index in [9.17, 15) is 4.79 Å². The van der Waals surface area contributed by atoms with Gasteiger partial charge in [-0.2, -0.15) is 0 Å². The number of anilines is 1. The standard InChI is InChI=1S/C9H10Cl2N2O.HI/c1-5(12)9(14)13-6-2-3-7(10)8(11)4-6;/h2-5H,12H2,1H3,(H,13,14);1H/t5-;/m1./s1. The van der Waals surface area contributed by atoms with Gasteiger partial charge in [0.15, 0.2) is 0 Å². The Morgan fingerprint density at radius 1 is 1.40 bits per heavy atom. The van der Waals surface area contributed by atoms with Crippen LogP contribution in [0.5, 0.6) is 0 Å². The van der Waals surface area contributed by atoms with E-state index in [2.05, 4.69) is 5.32 Å². The highest BCUT2D eigenvalue weighted by Gasteiger charge is 2.08. The van der Waals surface area contributed by atoms with Crippen molar-refractivity contribution in [2.75, 3.05) is 5.32 Å². The molecule has 0 aliphatic rings. The van der Waals surface area contributed by atoms with Crippen molar-refractivity contribution in [2.24, 2.45) is 5.73 Å². The zero-order valence-corrected chi connectivity index (χ0v) is 11.8. The van der Waals surface area contributed by atoms with Crippen LogP contribution in [0.25, 0.3) is 0 Å². The van der Waals surface area contributed by atoms with Crippen molar-refractivity contribution in [3.05, 3.63) is 28.2 Å². The number of carbonyl (C=O) groups excluding carboxylic acids is 1. The van der Waals surface area contributed by atoms with E-state index >= 15 is 0 Å². The number of halogens is 3. The molecule has 0 saturated heterocycles. The maximum absolute atomic E-state index is 11.2. The predicted octanol–water partition coefficient (Wildman–Crippen LogP) is 2.90. The Morgan fingerprint density at radius 3 is 2.47 bits per heavy atom. The Kier molecular flexibility index (Phi) is 6.51. The molecule has 15 heavy (non-hydrogen) atoms. The van der Waals surface area contributed by atoms with Crippen molar-refractivity contribution in [2.45, 2.75) is 13.0 Å². The first-order valence-corrected chi connectivity index (χ1v) is 4.78. The van der Waals surface area contributed by atoms with Crippen molar-refractivity contribution in [1.82, 2.24) is 0 Å². The molecule has 1 rings (SSSR count). The fourth-order valence-corrected chi connectivity index (χ4v) is 1.13. The van der Waals surface area contributed by atoms with E-state index in [0.29, 0.717) is 15.7 Å². The van der Waals surface area contributed by atoms with E-state index in [0.717, 1.165) is 0 Å². The molecule has 0 unspecified atom stereocenters. The summed E-state index contributed by atoms with van der Waals surface area (Å²) in [6.07, 6.45) is 0. The van der Waals surface area contributed by atoms with Crippen LogP contribution in [0.15, 0.2) is 18.2 Å². The van der Waals surface area contributed by atoms with Gasteiger partial charge in [-0.1, -0.05) is 23.2 Å². The fourth-order valence-electron chi connectivity index (χ4n) is 0.830. The summed E-state index contributed by atoms with van der Waals surface area (Å²) in [4.78, 5) is 11.2. The van der Waals surface area contributed by atoms with Gasteiger partial charge in [-0.25, -0.2) is 0 Å². The Balaban J connectivity index is 0.00000196. The molecule has 0 aliphatic heterocycles.